The summed E-state index contributed by atoms with van der Waals surface area (Å²) >= 11 is 1.39. The Hall–Kier alpha value is -3.16. The summed E-state index contributed by atoms with van der Waals surface area (Å²) in [6.45, 7) is 0.530. The normalized spacial score (nSPS) is 12.6. The molecule has 0 aliphatic carbocycles. The number of ketones is 1. The Morgan fingerprint density at radius 2 is 1.88 bits per heavy atom. The fourth-order valence-corrected chi connectivity index (χ4v) is 4.27. The molecule has 3 aromatic rings. The number of Topliss-reactive ketones (excluding diaryl/α,β-unsaturated/α-hetero) is 1. The second-order valence-electron chi connectivity index (χ2n) is 7.25. The van der Waals surface area contributed by atoms with E-state index in [0.717, 1.165) is 22.4 Å². The van der Waals surface area contributed by atoms with Crippen molar-refractivity contribution in [1.82, 2.24) is 4.98 Å². The summed E-state index contributed by atoms with van der Waals surface area (Å²) in [6.07, 6.45) is 5.54. The molecule has 1 unspecified atom stereocenters. The molecular weight excluding hydrogens is 422 g/mol. The van der Waals surface area contributed by atoms with Crippen LogP contribution in [0, 0.1) is 0 Å². The maximum atomic E-state index is 13.6. The van der Waals surface area contributed by atoms with Crippen molar-refractivity contribution < 1.29 is 14.3 Å². The van der Waals surface area contributed by atoms with Crippen molar-refractivity contribution in [3.8, 4) is 11.1 Å². The van der Waals surface area contributed by atoms with Crippen LogP contribution in [-0.2, 0) is 16.1 Å². The van der Waals surface area contributed by atoms with Crippen LogP contribution in [0.15, 0.2) is 73.1 Å². The molecule has 3 N–H and O–H groups in total. The molecule has 0 saturated carbocycles. The number of hydrogen-bond acceptors (Lipinski definition) is 7. The highest BCUT2D eigenvalue weighted by atomic mass is 32.2. The van der Waals surface area contributed by atoms with Gasteiger partial charge in [0, 0.05) is 24.5 Å². The molecule has 0 saturated heterocycles. The van der Waals surface area contributed by atoms with Crippen molar-refractivity contribution >= 4 is 29.2 Å². The molecule has 1 heterocycles. The van der Waals surface area contributed by atoms with Gasteiger partial charge in [0.15, 0.2) is 5.78 Å². The standard InChI is InChI=1S/C25H27N3O3S/c1-31-25(30)21(26)14-22(32-2)24(29)20-12-6-10-18(15-28-19-11-7-13-27-16-19)23(20)17-8-4-3-5-9-17/h3-13,16,21-22,28H,14-15,26H2,1-2H3/t21-,22?/m0/s1. The van der Waals surface area contributed by atoms with Crippen molar-refractivity contribution in [2.45, 2.75) is 24.3 Å². The van der Waals surface area contributed by atoms with Crippen LogP contribution in [-0.4, -0.2) is 41.4 Å². The number of hydrogen-bond donors (Lipinski definition) is 2. The van der Waals surface area contributed by atoms with Gasteiger partial charge in [-0.2, -0.15) is 11.8 Å². The Bertz CT molecular complexity index is 1040. The highest BCUT2D eigenvalue weighted by Gasteiger charge is 2.28. The van der Waals surface area contributed by atoms with Crippen molar-refractivity contribution in [2.75, 3.05) is 18.7 Å². The summed E-state index contributed by atoms with van der Waals surface area (Å²) in [6, 6.07) is 18.5. The summed E-state index contributed by atoms with van der Waals surface area (Å²) < 4.78 is 4.73. The predicted octanol–water partition coefficient (Wildman–Crippen LogP) is 4.17. The number of carbonyl (C=O) groups excluding carboxylic acids is 2. The third-order valence-electron chi connectivity index (χ3n) is 5.17. The average molecular weight is 450 g/mol. The Balaban J connectivity index is 1.97. The van der Waals surface area contributed by atoms with Crippen molar-refractivity contribution in [3.05, 3.63) is 84.2 Å². The number of nitrogens with one attached hydrogen (secondary N) is 1. The molecule has 2 atom stereocenters. The van der Waals surface area contributed by atoms with Gasteiger partial charge in [-0.05, 0) is 41.5 Å². The number of ether oxygens (including phenoxy) is 1. The first kappa shape index (κ1) is 23.5. The van der Waals surface area contributed by atoms with Gasteiger partial charge >= 0.3 is 5.97 Å². The van der Waals surface area contributed by atoms with Crippen molar-refractivity contribution in [2.24, 2.45) is 5.73 Å². The first-order chi connectivity index (χ1) is 15.5. The first-order valence-corrected chi connectivity index (χ1v) is 11.6. The van der Waals surface area contributed by atoms with Crippen LogP contribution in [0.5, 0.6) is 0 Å². The number of methoxy groups -OCH3 is 1. The summed E-state index contributed by atoms with van der Waals surface area (Å²) in [5.41, 5.74) is 10.3. The molecule has 6 nitrogen and oxygen atoms in total. The zero-order chi connectivity index (χ0) is 22.9. The Morgan fingerprint density at radius 3 is 2.53 bits per heavy atom. The van der Waals surface area contributed by atoms with E-state index in [1.54, 1.807) is 12.4 Å². The van der Waals surface area contributed by atoms with E-state index in [0.29, 0.717) is 12.1 Å². The third kappa shape index (κ3) is 5.75. The van der Waals surface area contributed by atoms with Crippen molar-refractivity contribution in [1.29, 1.82) is 0 Å². The lowest BCUT2D eigenvalue weighted by molar-refractivity contribution is -0.142. The fourth-order valence-electron chi connectivity index (χ4n) is 3.53. The van der Waals surface area contributed by atoms with Crippen LogP contribution in [0.4, 0.5) is 5.69 Å². The number of nitrogens with zero attached hydrogens (tertiary/aromatic N) is 1. The molecule has 0 aliphatic rings. The molecule has 0 fully saturated rings. The fraction of sp³-hybridized carbons (Fsp3) is 0.240. The molecule has 2 aromatic carbocycles. The Labute approximate surface area is 192 Å². The lowest BCUT2D eigenvalue weighted by Gasteiger charge is -2.20. The number of thioether (sulfide) groups is 1. The summed E-state index contributed by atoms with van der Waals surface area (Å²) in [5, 5.41) is 2.91. The van der Waals surface area contributed by atoms with E-state index in [1.807, 2.05) is 66.9 Å². The third-order valence-corrected chi connectivity index (χ3v) is 6.15. The van der Waals surface area contributed by atoms with E-state index < -0.39 is 17.3 Å². The number of rotatable bonds is 10. The second-order valence-corrected chi connectivity index (χ2v) is 8.30. The van der Waals surface area contributed by atoms with Crippen LogP contribution in [0.25, 0.3) is 11.1 Å². The smallest absolute Gasteiger partial charge is 0.322 e. The molecule has 0 radical (unpaired) electrons. The highest BCUT2D eigenvalue weighted by molar-refractivity contribution is 7.99. The van der Waals surface area contributed by atoms with Gasteiger partial charge < -0.3 is 15.8 Å². The van der Waals surface area contributed by atoms with E-state index in [9.17, 15) is 9.59 Å². The molecule has 0 amide bonds. The van der Waals surface area contributed by atoms with Gasteiger partial charge in [-0.1, -0.05) is 48.5 Å². The molecule has 1 aromatic heterocycles. The van der Waals surface area contributed by atoms with Crippen LogP contribution >= 0.6 is 11.8 Å². The maximum absolute atomic E-state index is 13.6. The maximum Gasteiger partial charge on any atom is 0.322 e. The molecular formula is C25H27N3O3S. The SMILES string of the molecule is COC(=O)[C@@H](N)CC(SC)C(=O)c1cccc(CNc2cccnc2)c1-c1ccccc1. The molecule has 7 heteroatoms. The van der Waals surface area contributed by atoms with E-state index in [2.05, 4.69) is 10.3 Å². The molecule has 0 aliphatic heterocycles. The van der Waals surface area contributed by atoms with Gasteiger partial charge in [-0.25, -0.2) is 0 Å². The number of benzene rings is 2. The number of esters is 1. The van der Waals surface area contributed by atoms with Crippen LogP contribution in [0.2, 0.25) is 0 Å². The highest BCUT2D eigenvalue weighted by Crippen LogP contribution is 2.31. The largest absolute Gasteiger partial charge is 0.468 e. The topological polar surface area (TPSA) is 94.3 Å². The zero-order valence-corrected chi connectivity index (χ0v) is 19.0. The van der Waals surface area contributed by atoms with Gasteiger partial charge in [0.25, 0.3) is 0 Å². The Kier molecular flexibility index (Phi) is 8.41. The zero-order valence-electron chi connectivity index (χ0n) is 18.2. The number of anilines is 1. The summed E-state index contributed by atoms with van der Waals surface area (Å²) in [4.78, 5) is 29.5. The van der Waals surface area contributed by atoms with E-state index in [1.165, 1.54) is 18.9 Å². The molecule has 32 heavy (non-hydrogen) atoms. The van der Waals surface area contributed by atoms with E-state index in [4.69, 9.17) is 10.5 Å². The minimum Gasteiger partial charge on any atom is -0.468 e. The summed E-state index contributed by atoms with van der Waals surface area (Å²) in [7, 11) is 1.30. The summed E-state index contributed by atoms with van der Waals surface area (Å²) in [5.74, 6) is -0.575. The van der Waals surface area contributed by atoms with Gasteiger partial charge in [0.2, 0.25) is 0 Å². The first-order valence-electron chi connectivity index (χ1n) is 10.3. The quantitative estimate of drug-likeness (QED) is 0.354. The minimum absolute atomic E-state index is 0.0565. The number of nitrogens with two attached hydrogens (primary N) is 1. The predicted molar refractivity (Wildman–Crippen MR) is 130 cm³/mol. The van der Waals surface area contributed by atoms with E-state index in [-0.39, 0.29) is 12.2 Å². The molecule has 3 rings (SSSR count). The lowest BCUT2D eigenvalue weighted by Crippen LogP contribution is -2.36. The van der Waals surface area contributed by atoms with Crippen molar-refractivity contribution in [3.63, 3.8) is 0 Å². The van der Waals surface area contributed by atoms with Crippen LogP contribution < -0.4 is 11.1 Å². The van der Waals surface area contributed by atoms with Gasteiger partial charge in [-0.3, -0.25) is 14.6 Å². The lowest BCUT2D eigenvalue weighted by atomic mass is 9.90. The monoisotopic (exact) mass is 449 g/mol. The number of pyridine rings is 1. The van der Waals surface area contributed by atoms with Gasteiger partial charge in [0.05, 0.1) is 18.0 Å². The van der Waals surface area contributed by atoms with Gasteiger partial charge in [0.1, 0.15) is 6.04 Å². The van der Waals surface area contributed by atoms with Gasteiger partial charge in [-0.15, -0.1) is 0 Å². The van der Waals surface area contributed by atoms with Crippen LogP contribution in [0.1, 0.15) is 22.3 Å². The Morgan fingerprint density at radius 1 is 1.09 bits per heavy atom. The second kappa shape index (κ2) is 11.5. The minimum atomic E-state index is -0.850. The number of aromatic nitrogens is 1. The molecule has 0 bridgehead atoms. The molecule has 0 spiro atoms. The number of carbonyl (C=O) groups is 2. The van der Waals surface area contributed by atoms with E-state index >= 15 is 0 Å². The average Bonchev–Trinajstić information content (AvgIpc) is 2.85. The molecule has 166 valence electrons. The van der Waals surface area contributed by atoms with Crippen LogP contribution in [0.3, 0.4) is 0 Å².